The molecule has 2 atom stereocenters. The Morgan fingerprint density at radius 3 is 3.17 bits per heavy atom. The Morgan fingerprint density at radius 1 is 1.67 bits per heavy atom. The third kappa shape index (κ3) is 4.08. The Hall–Kier alpha value is -0.910. The summed E-state index contributed by atoms with van der Waals surface area (Å²) in [4.78, 5) is 12.0. The molecule has 1 aromatic heterocycles. The van der Waals surface area contributed by atoms with Crippen molar-refractivity contribution < 1.29 is 14.6 Å². The molecule has 1 fully saturated rings. The molecule has 1 aromatic rings. The number of ether oxygens (including phenoxy) is 1. The first-order valence-electron chi connectivity index (χ1n) is 6.32. The number of thiophene rings is 1. The number of carboxylic acids is 1. The zero-order chi connectivity index (χ0) is 12.8. The van der Waals surface area contributed by atoms with Crippen LogP contribution in [0.1, 0.15) is 30.2 Å². The van der Waals surface area contributed by atoms with Crippen molar-refractivity contribution in [2.24, 2.45) is 5.92 Å². The molecule has 2 unspecified atom stereocenters. The van der Waals surface area contributed by atoms with Crippen LogP contribution in [0, 0.1) is 5.92 Å². The predicted octanol–water partition coefficient (Wildman–Crippen LogP) is 2.28. The molecule has 2 rings (SSSR count). The minimum Gasteiger partial charge on any atom is -0.481 e. The van der Waals surface area contributed by atoms with Gasteiger partial charge in [0.2, 0.25) is 0 Å². The lowest BCUT2D eigenvalue weighted by Crippen LogP contribution is -2.32. The van der Waals surface area contributed by atoms with Gasteiger partial charge in [0.25, 0.3) is 0 Å². The molecule has 5 heteroatoms. The van der Waals surface area contributed by atoms with Crippen LogP contribution in [0.4, 0.5) is 0 Å². The molecular formula is C13H19NO3S. The van der Waals surface area contributed by atoms with Gasteiger partial charge in [0.1, 0.15) is 0 Å². The van der Waals surface area contributed by atoms with E-state index in [1.54, 1.807) is 11.3 Å². The highest BCUT2D eigenvalue weighted by molar-refractivity contribution is 7.10. The molecule has 0 bridgehead atoms. The van der Waals surface area contributed by atoms with Gasteiger partial charge in [-0.25, -0.2) is 0 Å². The molecule has 0 spiro atoms. The fourth-order valence-corrected chi connectivity index (χ4v) is 3.02. The van der Waals surface area contributed by atoms with Gasteiger partial charge in [-0.1, -0.05) is 6.07 Å². The fourth-order valence-electron chi connectivity index (χ4n) is 2.21. The van der Waals surface area contributed by atoms with Gasteiger partial charge in [0.05, 0.1) is 19.1 Å². The maximum absolute atomic E-state index is 10.9. The van der Waals surface area contributed by atoms with Gasteiger partial charge in [-0.15, -0.1) is 11.3 Å². The molecule has 2 N–H and O–H groups in total. The van der Waals surface area contributed by atoms with E-state index in [4.69, 9.17) is 9.84 Å². The number of rotatable bonds is 6. The largest absolute Gasteiger partial charge is 0.481 e. The number of hydrogen-bond acceptors (Lipinski definition) is 4. The van der Waals surface area contributed by atoms with E-state index in [1.165, 1.54) is 0 Å². The third-order valence-corrected chi connectivity index (χ3v) is 4.16. The Balaban J connectivity index is 1.86. The van der Waals surface area contributed by atoms with Crippen molar-refractivity contribution in [3.05, 3.63) is 22.4 Å². The Kier molecular flexibility index (Phi) is 5.16. The summed E-state index contributed by atoms with van der Waals surface area (Å²) < 4.78 is 5.43. The molecule has 1 saturated heterocycles. The summed E-state index contributed by atoms with van der Waals surface area (Å²) in [5, 5.41) is 14.3. The van der Waals surface area contributed by atoms with Crippen LogP contribution < -0.4 is 5.32 Å². The zero-order valence-electron chi connectivity index (χ0n) is 10.3. The molecule has 4 nitrogen and oxygen atoms in total. The van der Waals surface area contributed by atoms with E-state index < -0.39 is 5.97 Å². The van der Waals surface area contributed by atoms with Gasteiger partial charge in [0, 0.05) is 18.0 Å². The first kappa shape index (κ1) is 13.5. The smallest absolute Gasteiger partial charge is 0.305 e. The van der Waals surface area contributed by atoms with Crippen molar-refractivity contribution >= 4 is 17.3 Å². The van der Waals surface area contributed by atoms with Gasteiger partial charge in [0.15, 0.2) is 0 Å². The van der Waals surface area contributed by atoms with Crippen molar-refractivity contribution in [3.63, 3.8) is 0 Å². The van der Waals surface area contributed by atoms with Crippen LogP contribution in [0.25, 0.3) is 0 Å². The highest BCUT2D eigenvalue weighted by atomic mass is 32.1. The Labute approximate surface area is 111 Å². The SMILES string of the molecule is O=C(O)CC(NCC1CCCOC1)c1cccs1. The van der Waals surface area contributed by atoms with E-state index in [1.807, 2.05) is 17.5 Å². The van der Waals surface area contributed by atoms with Crippen LogP contribution >= 0.6 is 11.3 Å². The van der Waals surface area contributed by atoms with Crippen LogP contribution in [0.3, 0.4) is 0 Å². The topological polar surface area (TPSA) is 58.6 Å². The number of carbonyl (C=O) groups is 1. The van der Waals surface area contributed by atoms with Crippen molar-refractivity contribution in [1.29, 1.82) is 0 Å². The second kappa shape index (κ2) is 6.87. The van der Waals surface area contributed by atoms with Crippen LogP contribution in [-0.4, -0.2) is 30.8 Å². The zero-order valence-corrected chi connectivity index (χ0v) is 11.1. The molecule has 0 saturated carbocycles. The van der Waals surface area contributed by atoms with Crippen LogP contribution in [0.15, 0.2) is 17.5 Å². The Bertz CT molecular complexity index is 360. The molecule has 2 heterocycles. The van der Waals surface area contributed by atoms with Gasteiger partial charge in [-0.3, -0.25) is 4.79 Å². The first-order valence-corrected chi connectivity index (χ1v) is 7.20. The van der Waals surface area contributed by atoms with Crippen molar-refractivity contribution in [2.45, 2.75) is 25.3 Å². The summed E-state index contributed by atoms with van der Waals surface area (Å²) in [5.74, 6) is -0.254. The van der Waals surface area contributed by atoms with Crippen LogP contribution in [-0.2, 0) is 9.53 Å². The van der Waals surface area contributed by atoms with E-state index in [-0.39, 0.29) is 12.5 Å². The molecule has 100 valence electrons. The third-order valence-electron chi connectivity index (χ3n) is 3.17. The lowest BCUT2D eigenvalue weighted by atomic mass is 10.0. The summed E-state index contributed by atoms with van der Waals surface area (Å²) >= 11 is 1.60. The normalized spacial score (nSPS) is 21.7. The monoisotopic (exact) mass is 269 g/mol. The highest BCUT2D eigenvalue weighted by Gasteiger charge is 2.19. The van der Waals surface area contributed by atoms with E-state index in [2.05, 4.69) is 5.32 Å². The van der Waals surface area contributed by atoms with Gasteiger partial charge in [-0.2, -0.15) is 0 Å². The van der Waals surface area contributed by atoms with E-state index >= 15 is 0 Å². The molecule has 1 aliphatic heterocycles. The molecule has 0 aliphatic carbocycles. The minimum absolute atomic E-state index is 0.0792. The second-order valence-electron chi connectivity index (χ2n) is 4.66. The van der Waals surface area contributed by atoms with Crippen molar-refractivity contribution in [1.82, 2.24) is 5.32 Å². The predicted molar refractivity (Wildman–Crippen MR) is 70.9 cm³/mol. The molecule has 18 heavy (non-hydrogen) atoms. The minimum atomic E-state index is -0.763. The molecular weight excluding hydrogens is 250 g/mol. The maximum Gasteiger partial charge on any atom is 0.305 e. The summed E-state index contributed by atoms with van der Waals surface area (Å²) in [6.45, 7) is 2.48. The lowest BCUT2D eigenvalue weighted by molar-refractivity contribution is -0.137. The van der Waals surface area contributed by atoms with Crippen molar-refractivity contribution in [2.75, 3.05) is 19.8 Å². The lowest BCUT2D eigenvalue weighted by Gasteiger charge is -2.24. The number of hydrogen-bond donors (Lipinski definition) is 2. The van der Waals surface area contributed by atoms with Gasteiger partial charge < -0.3 is 15.2 Å². The summed E-state index contributed by atoms with van der Waals surface area (Å²) in [6.07, 6.45) is 2.40. The second-order valence-corrected chi connectivity index (χ2v) is 5.64. The van der Waals surface area contributed by atoms with E-state index in [0.29, 0.717) is 5.92 Å². The molecule has 0 aromatic carbocycles. The molecule has 0 amide bonds. The standard InChI is InChI=1S/C13H19NO3S/c15-13(16)7-11(12-4-2-6-18-12)14-8-10-3-1-5-17-9-10/h2,4,6,10-11,14H,1,3,5,7-9H2,(H,15,16). The average molecular weight is 269 g/mol. The van der Waals surface area contributed by atoms with Crippen LogP contribution in [0.5, 0.6) is 0 Å². The van der Waals surface area contributed by atoms with Gasteiger partial charge in [-0.05, 0) is 30.2 Å². The number of carboxylic acid groups (broad SMARTS) is 1. The number of aliphatic carboxylic acids is 1. The first-order chi connectivity index (χ1) is 8.75. The fraction of sp³-hybridized carbons (Fsp3) is 0.615. The average Bonchev–Trinajstić information content (AvgIpc) is 2.89. The van der Waals surface area contributed by atoms with E-state index in [9.17, 15) is 4.79 Å². The summed E-state index contributed by atoms with van der Waals surface area (Å²) in [6, 6.07) is 3.87. The highest BCUT2D eigenvalue weighted by Crippen LogP contribution is 2.23. The maximum atomic E-state index is 10.9. The summed E-state index contributed by atoms with van der Waals surface area (Å²) in [7, 11) is 0. The quantitative estimate of drug-likeness (QED) is 0.832. The molecule has 1 aliphatic rings. The Morgan fingerprint density at radius 2 is 2.56 bits per heavy atom. The van der Waals surface area contributed by atoms with Gasteiger partial charge >= 0.3 is 5.97 Å². The van der Waals surface area contributed by atoms with Crippen molar-refractivity contribution in [3.8, 4) is 0 Å². The van der Waals surface area contributed by atoms with E-state index in [0.717, 1.165) is 37.5 Å². The summed E-state index contributed by atoms with van der Waals surface area (Å²) in [5.41, 5.74) is 0. The van der Waals surface area contributed by atoms with Crippen LogP contribution in [0.2, 0.25) is 0 Å². The number of nitrogens with one attached hydrogen (secondary N) is 1. The molecule has 0 radical (unpaired) electrons.